The van der Waals surface area contributed by atoms with Crippen LogP contribution >= 0.6 is 0 Å². The molecule has 0 radical (unpaired) electrons. The molecule has 1 aromatic carbocycles. The van der Waals surface area contributed by atoms with E-state index in [1.54, 1.807) is 12.4 Å². The fraction of sp³-hybridized carbons (Fsp3) is 0.500. The fourth-order valence-corrected chi connectivity index (χ4v) is 3.76. The minimum Gasteiger partial charge on any atom is -0.400 e. The molecule has 3 N–H and O–H groups in total. The molecule has 0 bridgehead atoms. The summed E-state index contributed by atoms with van der Waals surface area (Å²) in [6, 6.07) is 6.47. The number of aromatic amines is 1. The SMILES string of the molecule is C1CCCCC1.CN1CCc2ccc(Nc3ncc4cn[nH]c4n3)cc2C1.CO. The fourth-order valence-electron chi connectivity index (χ4n) is 3.76. The van der Waals surface area contributed by atoms with Crippen molar-refractivity contribution in [2.24, 2.45) is 0 Å². The lowest BCUT2D eigenvalue weighted by Crippen LogP contribution is -2.26. The van der Waals surface area contributed by atoms with Crippen LogP contribution in [0.5, 0.6) is 0 Å². The number of rotatable bonds is 2. The molecular weight excluding hydrogens is 364 g/mol. The summed E-state index contributed by atoms with van der Waals surface area (Å²) in [6.45, 7) is 2.12. The molecule has 29 heavy (non-hydrogen) atoms. The number of aliphatic hydroxyl groups excluding tert-OH is 1. The zero-order valence-electron chi connectivity index (χ0n) is 17.5. The van der Waals surface area contributed by atoms with Gasteiger partial charge in [-0.3, -0.25) is 5.10 Å². The summed E-state index contributed by atoms with van der Waals surface area (Å²) >= 11 is 0. The summed E-state index contributed by atoms with van der Waals surface area (Å²) in [7, 11) is 3.15. The largest absolute Gasteiger partial charge is 0.400 e. The number of H-pyrrole nitrogens is 1. The van der Waals surface area contributed by atoms with Crippen LogP contribution in [0.3, 0.4) is 0 Å². The van der Waals surface area contributed by atoms with E-state index in [2.05, 4.69) is 55.6 Å². The Bertz CT molecular complexity index is 878. The maximum atomic E-state index is 7.00. The van der Waals surface area contributed by atoms with Gasteiger partial charge in [0.1, 0.15) is 0 Å². The molecule has 7 nitrogen and oxygen atoms in total. The zero-order chi connectivity index (χ0) is 20.5. The third kappa shape index (κ3) is 5.98. The van der Waals surface area contributed by atoms with E-state index in [0.717, 1.165) is 43.3 Å². The predicted molar refractivity (Wildman–Crippen MR) is 117 cm³/mol. The first kappa shape index (κ1) is 21.2. The number of nitrogens with one attached hydrogen (secondary N) is 2. The Balaban J connectivity index is 0.000000256. The smallest absolute Gasteiger partial charge is 0.229 e. The summed E-state index contributed by atoms with van der Waals surface area (Å²) < 4.78 is 0. The lowest BCUT2D eigenvalue weighted by atomic mass is 9.99. The highest BCUT2D eigenvalue weighted by molar-refractivity contribution is 5.74. The lowest BCUT2D eigenvalue weighted by molar-refractivity contribution is 0.313. The summed E-state index contributed by atoms with van der Waals surface area (Å²) in [6.07, 6.45) is 13.6. The van der Waals surface area contributed by atoms with Crippen molar-refractivity contribution in [2.45, 2.75) is 51.5 Å². The molecule has 2 aromatic heterocycles. The van der Waals surface area contributed by atoms with Gasteiger partial charge in [-0.1, -0.05) is 44.6 Å². The monoisotopic (exact) mass is 396 g/mol. The number of hydrogen-bond acceptors (Lipinski definition) is 6. The highest BCUT2D eigenvalue weighted by Gasteiger charge is 2.13. The standard InChI is InChI=1S/C15H16N6.C6H12.CH4O/c1-21-5-4-10-2-3-13(6-11(10)9-21)18-15-16-7-12-8-17-20-14(12)19-15;1-2-4-6-5-3-1;1-2/h2-3,6-8H,4-5,9H2,1H3,(H2,16,17,18,19,20);1-6H2;2H,1H3. The Morgan fingerprint density at radius 2 is 1.72 bits per heavy atom. The summed E-state index contributed by atoms with van der Waals surface area (Å²) in [5, 5.41) is 18.0. The first-order valence-corrected chi connectivity index (χ1v) is 10.5. The van der Waals surface area contributed by atoms with E-state index >= 15 is 0 Å². The zero-order valence-corrected chi connectivity index (χ0v) is 17.5. The number of benzene rings is 1. The minimum absolute atomic E-state index is 0.580. The molecule has 2 aliphatic rings. The number of fused-ring (bicyclic) bond motifs is 2. The van der Waals surface area contributed by atoms with Gasteiger partial charge < -0.3 is 15.3 Å². The van der Waals surface area contributed by atoms with Gasteiger partial charge in [-0.25, -0.2) is 4.98 Å². The van der Waals surface area contributed by atoms with Gasteiger partial charge in [0.25, 0.3) is 0 Å². The van der Waals surface area contributed by atoms with E-state index in [1.807, 2.05) is 0 Å². The Morgan fingerprint density at radius 1 is 1.00 bits per heavy atom. The van der Waals surface area contributed by atoms with E-state index in [1.165, 1.54) is 49.7 Å². The second-order valence-electron chi connectivity index (χ2n) is 7.59. The summed E-state index contributed by atoms with van der Waals surface area (Å²) in [5.74, 6) is 0.580. The second kappa shape index (κ2) is 10.9. The van der Waals surface area contributed by atoms with Crippen molar-refractivity contribution in [1.29, 1.82) is 0 Å². The van der Waals surface area contributed by atoms with Gasteiger partial charge >= 0.3 is 0 Å². The van der Waals surface area contributed by atoms with E-state index in [9.17, 15) is 0 Å². The normalized spacial score (nSPS) is 16.1. The molecule has 1 fully saturated rings. The van der Waals surface area contributed by atoms with Crippen LogP contribution in [-0.4, -0.2) is 50.9 Å². The molecule has 156 valence electrons. The molecule has 5 rings (SSSR count). The Morgan fingerprint density at radius 3 is 2.45 bits per heavy atom. The second-order valence-corrected chi connectivity index (χ2v) is 7.59. The molecule has 7 heteroatoms. The molecular formula is C22H32N6O. The molecule has 0 saturated heterocycles. The van der Waals surface area contributed by atoms with E-state index in [0.29, 0.717) is 5.95 Å². The molecule has 1 saturated carbocycles. The van der Waals surface area contributed by atoms with Crippen LogP contribution in [0.25, 0.3) is 11.0 Å². The first-order valence-electron chi connectivity index (χ1n) is 10.5. The van der Waals surface area contributed by atoms with Gasteiger partial charge in [-0.05, 0) is 36.7 Å². The van der Waals surface area contributed by atoms with Gasteiger partial charge in [0.05, 0.1) is 11.6 Å². The summed E-state index contributed by atoms with van der Waals surface area (Å²) in [5.41, 5.74) is 4.56. The van der Waals surface area contributed by atoms with Crippen LogP contribution in [-0.2, 0) is 13.0 Å². The number of aromatic nitrogens is 4. The van der Waals surface area contributed by atoms with Crippen molar-refractivity contribution in [3.05, 3.63) is 41.7 Å². The lowest BCUT2D eigenvalue weighted by Gasteiger charge is -2.25. The predicted octanol–water partition coefficient (Wildman–Crippen LogP) is 4.03. The van der Waals surface area contributed by atoms with Crippen molar-refractivity contribution in [1.82, 2.24) is 25.1 Å². The van der Waals surface area contributed by atoms with Gasteiger partial charge in [-0.15, -0.1) is 0 Å². The van der Waals surface area contributed by atoms with Gasteiger partial charge in [0.2, 0.25) is 5.95 Å². The number of nitrogens with zero attached hydrogens (tertiary/aromatic N) is 4. The molecule has 0 amide bonds. The molecule has 3 heterocycles. The van der Waals surface area contributed by atoms with Crippen LogP contribution in [0.15, 0.2) is 30.6 Å². The van der Waals surface area contributed by atoms with Crippen molar-refractivity contribution in [2.75, 3.05) is 26.0 Å². The van der Waals surface area contributed by atoms with Crippen molar-refractivity contribution in [3.8, 4) is 0 Å². The number of anilines is 2. The minimum atomic E-state index is 0.580. The number of hydrogen-bond donors (Lipinski definition) is 3. The quantitative estimate of drug-likeness (QED) is 0.606. The Kier molecular flexibility index (Phi) is 7.95. The van der Waals surface area contributed by atoms with E-state index in [-0.39, 0.29) is 0 Å². The molecule has 0 unspecified atom stereocenters. The van der Waals surface area contributed by atoms with Crippen LogP contribution in [0.1, 0.15) is 49.7 Å². The van der Waals surface area contributed by atoms with Gasteiger partial charge in [-0.2, -0.15) is 10.1 Å². The van der Waals surface area contributed by atoms with E-state index in [4.69, 9.17) is 5.11 Å². The maximum Gasteiger partial charge on any atom is 0.229 e. The van der Waals surface area contributed by atoms with Gasteiger partial charge in [0, 0.05) is 32.1 Å². The van der Waals surface area contributed by atoms with Crippen LogP contribution in [0.4, 0.5) is 11.6 Å². The third-order valence-electron chi connectivity index (χ3n) is 5.36. The highest BCUT2D eigenvalue weighted by atomic mass is 16.2. The number of aliphatic hydroxyl groups is 1. The Labute approximate surface area is 172 Å². The Hall–Kier alpha value is -2.51. The average molecular weight is 397 g/mol. The first-order chi connectivity index (χ1) is 14.3. The molecule has 0 atom stereocenters. The summed E-state index contributed by atoms with van der Waals surface area (Å²) in [4.78, 5) is 11.0. The molecule has 1 aliphatic carbocycles. The molecule has 3 aromatic rings. The third-order valence-corrected chi connectivity index (χ3v) is 5.36. The molecule has 1 aliphatic heterocycles. The van der Waals surface area contributed by atoms with Gasteiger partial charge in [0.15, 0.2) is 5.65 Å². The van der Waals surface area contributed by atoms with Crippen molar-refractivity contribution in [3.63, 3.8) is 0 Å². The van der Waals surface area contributed by atoms with Crippen LogP contribution in [0.2, 0.25) is 0 Å². The van der Waals surface area contributed by atoms with Crippen LogP contribution in [0, 0.1) is 0 Å². The van der Waals surface area contributed by atoms with Crippen molar-refractivity contribution >= 4 is 22.7 Å². The van der Waals surface area contributed by atoms with E-state index < -0.39 is 0 Å². The van der Waals surface area contributed by atoms with Crippen LogP contribution < -0.4 is 5.32 Å². The number of likely N-dealkylation sites (N-methyl/N-ethyl adjacent to an activating group) is 1. The topological polar surface area (TPSA) is 90.0 Å². The molecule has 0 spiro atoms. The van der Waals surface area contributed by atoms with Crippen molar-refractivity contribution < 1.29 is 5.11 Å². The maximum absolute atomic E-state index is 7.00. The highest BCUT2D eigenvalue weighted by Crippen LogP contribution is 2.23. The average Bonchev–Trinajstić information content (AvgIpc) is 3.24.